The number of hydrogen-bond acceptors (Lipinski definition) is 6. The van der Waals surface area contributed by atoms with Gasteiger partial charge in [-0.05, 0) is 20.3 Å². The minimum Gasteiger partial charge on any atom is -0.390 e. The summed E-state index contributed by atoms with van der Waals surface area (Å²) in [4.78, 5) is 0. The molecule has 0 bridgehead atoms. The first kappa shape index (κ1) is 15.8. The maximum absolute atomic E-state index is 11.1. The Bertz CT molecular complexity index is 353. The summed E-state index contributed by atoms with van der Waals surface area (Å²) in [7, 11) is -3.06. The maximum Gasteiger partial charge on any atom is 0.186 e. The van der Waals surface area contributed by atoms with Crippen LogP contribution in [0.1, 0.15) is 26.7 Å². The van der Waals surface area contributed by atoms with Crippen LogP contribution in [-0.4, -0.2) is 61.3 Å². The third-order valence-electron chi connectivity index (χ3n) is 2.72. The predicted octanol–water partition coefficient (Wildman–Crippen LogP) is -0.317. The lowest BCUT2D eigenvalue weighted by Gasteiger charge is -2.37. The zero-order chi connectivity index (χ0) is 13.9. The van der Waals surface area contributed by atoms with Crippen LogP contribution in [-0.2, 0) is 19.3 Å². The molecule has 1 aliphatic rings. The smallest absolute Gasteiger partial charge is 0.186 e. The summed E-state index contributed by atoms with van der Waals surface area (Å²) in [5.74, 6) is -0.00508. The average molecular weight is 282 g/mol. The fourth-order valence-electron chi connectivity index (χ4n) is 1.83. The molecule has 1 rings (SSSR count). The fourth-order valence-corrected chi connectivity index (χ4v) is 2.52. The first-order chi connectivity index (χ1) is 8.19. The van der Waals surface area contributed by atoms with Crippen LogP contribution in [0.25, 0.3) is 0 Å². The van der Waals surface area contributed by atoms with Crippen molar-refractivity contribution in [2.45, 2.75) is 57.4 Å². The molecule has 1 fully saturated rings. The van der Waals surface area contributed by atoms with Gasteiger partial charge in [0, 0.05) is 12.7 Å². The lowest BCUT2D eigenvalue weighted by atomic mass is 10.0. The van der Waals surface area contributed by atoms with Gasteiger partial charge in [0.05, 0.1) is 24.1 Å². The fraction of sp³-hybridized carbons (Fsp3) is 1.00. The number of aliphatic hydroxyl groups excluding tert-OH is 2. The van der Waals surface area contributed by atoms with Crippen LogP contribution < -0.4 is 0 Å². The molecule has 0 aromatic rings. The van der Waals surface area contributed by atoms with Crippen LogP contribution in [0.3, 0.4) is 0 Å². The first-order valence-electron chi connectivity index (χ1n) is 6.04. The van der Waals surface area contributed by atoms with Crippen molar-refractivity contribution >= 4 is 9.84 Å². The van der Waals surface area contributed by atoms with Crippen LogP contribution in [0.5, 0.6) is 0 Å². The van der Waals surface area contributed by atoms with Gasteiger partial charge in [-0.3, -0.25) is 0 Å². The standard InChI is InChI=1S/C11H22O6S/c1-7(2)16-11-10(13)9(12)6-8(17-11)4-5-18(3,14)15/h7-13H,4-6H2,1-3H3/t8-,9-,10-,11-/m1/s1. The highest BCUT2D eigenvalue weighted by molar-refractivity contribution is 7.90. The minimum absolute atomic E-state index is 0.00508. The highest BCUT2D eigenvalue weighted by Gasteiger charge is 2.37. The Kier molecular flexibility index (Phi) is 5.54. The van der Waals surface area contributed by atoms with Gasteiger partial charge in [-0.25, -0.2) is 8.42 Å². The van der Waals surface area contributed by atoms with E-state index in [2.05, 4.69) is 0 Å². The third-order valence-corrected chi connectivity index (χ3v) is 3.70. The van der Waals surface area contributed by atoms with Gasteiger partial charge in [0.2, 0.25) is 0 Å². The molecule has 6 nitrogen and oxygen atoms in total. The van der Waals surface area contributed by atoms with Gasteiger partial charge in [0.25, 0.3) is 0 Å². The van der Waals surface area contributed by atoms with Crippen molar-refractivity contribution in [2.24, 2.45) is 0 Å². The molecular weight excluding hydrogens is 260 g/mol. The molecule has 0 unspecified atom stereocenters. The molecule has 18 heavy (non-hydrogen) atoms. The second kappa shape index (κ2) is 6.29. The summed E-state index contributed by atoms with van der Waals surface area (Å²) in [6.07, 6.45) is -1.85. The quantitative estimate of drug-likeness (QED) is 0.718. The summed E-state index contributed by atoms with van der Waals surface area (Å²) in [5, 5.41) is 19.4. The van der Waals surface area contributed by atoms with Crippen LogP contribution in [0.2, 0.25) is 0 Å². The molecule has 4 atom stereocenters. The number of ether oxygens (including phenoxy) is 2. The molecule has 2 N–H and O–H groups in total. The van der Waals surface area contributed by atoms with Crippen LogP contribution in [0.15, 0.2) is 0 Å². The van der Waals surface area contributed by atoms with Crippen LogP contribution in [0.4, 0.5) is 0 Å². The Morgan fingerprint density at radius 2 is 2.00 bits per heavy atom. The molecule has 0 amide bonds. The highest BCUT2D eigenvalue weighted by Crippen LogP contribution is 2.24. The number of sulfone groups is 1. The van der Waals surface area contributed by atoms with Crippen molar-refractivity contribution in [3.63, 3.8) is 0 Å². The maximum atomic E-state index is 11.1. The third kappa shape index (κ3) is 5.19. The van der Waals surface area contributed by atoms with E-state index in [9.17, 15) is 18.6 Å². The number of rotatable bonds is 5. The Morgan fingerprint density at radius 3 is 2.50 bits per heavy atom. The minimum atomic E-state index is -3.06. The normalized spacial score (nSPS) is 33.9. The van der Waals surface area contributed by atoms with Gasteiger partial charge in [0.15, 0.2) is 6.29 Å². The van der Waals surface area contributed by atoms with Gasteiger partial charge in [-0.1, -0.05) is 0 Å². The molecule has 0 aliphatic carbocycles. The van der Waals surface area contributed by atoms with Gasteiger partial charge in [-0.15, -0.1) is 0 Å². The monoisotopic (exact) mass is 282 g/mol. The molecule has 0 saturated carbocycles. The molecule has 0 aromatic carbocycles. The predicted molar refractivity (Wildman–Crippen MR) is 65.8 cm³/mol. The van der Waals surface area contributed by atoms with Crippen molar-refractivity contribution in [2.75, 3.05) is 12.0 Å². The van der Waals surface area contributed by atoms with E-state index in [1.54, 1.807) is 13.8 Å². The van der Waals surface area contributed by atoms with E-state index in [0.717, 1.165) is 6.26 Å². The van der Waals surface area contributed by atoms with Gasteiger partial charge < -0.3 is 19.7 Å². The van der Waals surface area contributed by atoms with Crippen molar-refractivity contribution in [3.05, 3.63) is 0 Å². The van der Waals surface area contributed by atoms with Crippen LogP contribution in [0, 0.1) is 0 Å². The average Bonchev–Trinajstić information content (AvgIpc) is 2.20. The molecule has 0 spiro atoms. The SMILES string of the molecule is CC(C)O[C@@H]1O[C@H](CCS(C)(=O)=O)C[C@@H](O)[C@H]1O. The van der Waals surface area contributed by atoms with Crippen molar-refractivity contribution in [1.29, 1.82) is 0 Å². The number of hydrogen-bond donors (Lipinski definition) is 2. The summed E-state index contributed by atoms with van der Waals surface area (Å²) in [6, 6.07) is 0. The summed E-state index contributed by atoms with van der Waals surface area (Å²) in [5.41, 5.74) is 0. The van der Waals surface area contributed by atoms with Gasteiger partial charge in [0.1, 0.15) is 15.9 Å². The zero-order valence-electron chi connectivity index (χ0n) is 10.9. The Hall–Kier alpha value is -0.210. The van der Waals surface area contributed by atoms with E-state index < -0.39 is 34.4 Å². The Labute approximate surface area is 108 Å². The number of aliphatic hydroxyl groups is 2. The Balaban J connectivity index is 2.56. The summed E-state index contributed by atoms with van der Waals surface area (Å²) >= 11 is 0. The molecular formula is C11H22O6S. The first-order valence-corrected chi connectivity index (χ1v) is 8.10. The second-order valence-electron chi connectivity index (χ2n) is 5.02. The topological polar surface area (TPSA) is 93.1 Å². The van der Waals surface area contributed by atoms with Gasteiger partial charge in [-0.2, -0.15) is 0 Å². The van der Waals surface area contributed by atoms with E-state index in [4.69, 9.17) is 9.47 Å². The van der Waals surface area contributed by atoms with Crippen molar-refractivity contribution < 1.29 is 28.1 Å². The molecule has 0 aromatic heterocycles. The summed E-state index contributed by atoms with van der Waals surface area (Å²) < 4.78 is 33.0. The Morgan fingerprint density at radius 1 is 1.39 bits per heavy atom. The molecule has 108 valence electrons. The molecule has 1 saturated heterocycles. The zero-order valence-corrected chi connectivity index (χ0v) is 11.8. The van der Waals surface area contributed by atoms with E-state index in [0.29, 0.717) is 6.42 Å². The summed E-state index contributed by atoms with van der Waals surface area (Å²) in [6.45, 7) is 3.59. The van der Waals surface area contributed by atoms with E-state index >= 15 is 0 Å². The van der Waals surface area contributed by atoms with Crippen molar-refractivity contribution in [3.8, 4) is 0 Å². The van der Waals surface area contributed by atoms with Crippen LogP contribution >= 0.6 is 0 Å². The second-order valence-corrected chi connectivity index (χ2v) is 7.28. The van der Waals surface area contributed by atoms with E-state index in [1.807, 2.05) is 0 Å². The molecule has 7 heteroatoms. The van der Waals surface area contributed by atoms with Gasteiger partial charge >= 0.3 is 0 Å². The largest absolute Gasteiger partial charge is 0.390 e. The van der Waals surface area contributed by atoms with E-state index in [-0.39, 0.29) is 18.3 Å². The highest BCUT2D eigenvalue weighted by atomic mass is 32.2. The lowest BCUT2D eigenvalue weighted by molar-refractivity contribution is -0.276. The lowest BCUT2D eigenvalue weighted by Crippen LogP contribution is -2.50. The molecule has 0 radical (unpaired) electrons. The van der Waals surface area contributed by atoms with Crippen molar-refractivity contribution in [1.82, 2.24) is 0 Å². The molecule has 1 heterocycles. The molecule has 1 aliphatic heterocycles. The van der Waals surface area contributed by atoms with E-state index in [1.165, 1.54) is 0 Å².